The van der Waals surface area contributed by atoms with Gasteiger partial charge in [-0.15, -0.1) is 0 Å². The van der Waals surface area contributed by atoms with E-state index in [4.69, 9.17) is 14.2 Å². The number of para-hydroxylation sites is 1. The molecule has 1 N–H and O–H groups in total. The minimum Gasteiger partial charge on any atom is -0.493 e. The van der Waals surface area contributed by atoms with Gasteiger partial charge in [0.25, 0.3) is 0 Å². The smallest absolute Gasteiger partial charge is 0.247 e. The van der Waals surface area contributed by atoms with Gasteiger partial charge in [-0.25, -0.2) is 0 Å². The second-order valence-electron chi connectivity index (χ2n) is 9.43. The van der Waals surface area contributed by atoms with Gasteiger partial charge in [-0.05, 0) is 48.3 Å². The number of carbonyl (C=O) groups excluding carboxylic acids is 2. The van der Waals surface area contributed by atoms with Crippen LogP contribution in [0.5, 0.6) is 17.2 Å². The Morgan fingerprint density at radius 1 is 1.06 bits per heavy atom. The van der Waals surface area contributed by atoms with Crippen LogP contribution in [0.15, 0.2) is 48.0 Å². The summed E-state index contributed by atoms with van der Waals surface area (Å²) in [7, 11) is 3.18. The van der Waals surface area contributed by atoms with Crippen molar-refractivity contribution in [3.63, 3.8) is 0 Å². The van der Waals surface area contributed by atoms with E-state index in [1.165, 1.54) is 6.42 Å². The van der Waals surface area contributed by atoms with Crippen molar-refractivity contribution in [2.45, 2.75) is 56.7 Å². The van der Waals surface area contributed by atoms with Crippen molar-refractivity contribution in [1.82, 2.24) is 10.2 Å². The Labute approximate surface area is 206 Å². The van der Waals surface area contributed by atoms with Crippen LogP contribution in [0.3, 0.4) is 0 Å². The minimum absolute atomic E-state index is 0.0478. The van der Waals surface area contributed by atoms with Gasteiger partial charge in [0.05, 0.1) is 26.7 Å². The lowest BCUT2D eigenvalue weighted by Crippen LogP contribution is -2.59. The predicted molar refractivity (Wildman–Crippen MR) is 132 cm³/mol. The van der Waals surface area contributed by atoms with Crippen LogP contribution >= 0.6 is 0 Å². The molecule has 1 aliphatic carbocycles. The van der Waals surface area contributed by atoms with E-state index in [0.29, 0.717) is 17.9 Å². The third-order valence-electron chi connectivity index (χ3n) is 7.27. The molecule has 0 aromatic heterocycles. The lowest BCUT2D eigenvalue weighted by molar-refractivity contribution is -0.154. The number of hydrogen-bond donors (Lipinski definition) is 1. The average molecular weight is 477 g/mol. The summed E-state index contributed by atoms with van der Waals surface area (Å²) in [6.07, 6.45) is 7.73. The standard InChI is InChI=1S/C28H32N2O5/c1-33-24-13-12-18(15-25(24)34-2)22-16-26(31)30(22)27(28(32)29-21-9-4-3-5-10-21)20-14-19-8-6-7-11-23(19)35-17-20/h6-8,11-15,21-22,27H,3-5,9-10,16-17H2,1-2H3,(H,29,32). The summed E-state index contributed by atoms with van der Waals surface area (Å²) < 4.78 is 16.9. The van der Waals surface area contributed by atoms with Crippen molar-refractivity contribution in [2.75, 3.05) is 20.8 Å². The molecule has 5 rings (SSSR count). The number of methoxy groups -OCH3 is 2. The van der Waals surface area contributed by atoms with Gasteiger partial charge in [0.15, 0.2) is 11.5 Å². The van der Waals surface area contributed by atoms with Crippen LogP contribution in [-0.2, 0) is 9.59 Å². The number of ether oxygens (including phenoxy) is 3. The zero-order valence-corrected chi connectivity index (χ0v) is 20.3. The normalized spacial score (nSPS) is 20.6. The van der Waals surface area contributed by atoms with E-state index in [1.807, 2.05) is 48.5 Å². The molecule has 35 heavy (non-hydrogen) atoms. The number of β-lactam (4-membered cyclic amide) rings is 1. The maximum Gasteiger partial charge on any atom is 0.247 e. The van der Waals surface area contributed by atoms with Crippen molar-refractivity contribution < 1.29 is 23.8 Å². The van der Waals surface area contributed by atoms with Gasteiger partial charge >= 0.3 is 0 Å². The third-order valence-corrected chi connectivity index (χ3v) is 7.27. The number of likely N-dealkylation sites (tertiary alicyclic amines) is 1. The number of benzene rings is 2. The fourth-order valence-corrected chi connectivity index (χ4v) is 5.38. The lowest BCUT2D eigenvalue weighted by atomic mass is 9.87. The summed E-state index contributed by atoms with van der Waals surface area (Å²) in [6.45, 7) is 0.266. The molecule has 0 bridgehead atoms. The molecule has 7 heteroatoms. The van der Waals surface area contributed by atoms with Gasteiger partial charge in [0.2, 0.25) is 11.8 Å². The second kappa shape index (κ2) is 10.0. The molecule has 2 unspecified atom stereocenters. The molecule has 1 saturated carbocycles. The molecule has 1 saturated heterocycles. The first-order valence-electron chi connectivity index (χ1n) is 12.3. The van der Waals surface area contributed by atoms with Crippen LogP contribution in [0.25, 0.3) is 6.08 Å². The van der Waals surface area contributed by atoms with Gasteiger partial charge < -0.3 is 24.4 Å². The lowest BCUT2D eigenvalue weighted by Gasteiger charge is -2.46. The Hall–Kier alpha value is -3.48. The number of nitrogens with one attached hydrogen (secondary N) is 1. The van der Waals surface area contributed by atoms with E-state index in [0.717, 1.165) is 48.1 Å². The molecule has 2 heterocycles. The van der Waals surface area contributed by atoms with Crippen molar-refractivity contribution in [2.24, 2.45) is 0 Å². The molecule has 2 aromatic rings. The fraction of sp³-hybridized carbons (Fsp3) is 0.429. The van der Waals surface area contributed by atoms with E-state index in [9.17, 15) is 9.59 Å². The van der Waals surface area contributed by atoms with Gasteiger partial charge in [-0.2, -0.15) is 0 Å². The van der Waals surface area contributed by atoms with Gasteiger partial charge in [-0.1, -0.05) is 43.5 Å². The molecule has 0 spiro atoms. The van der Waals surface area contributed by atoms with Gasteiger partial charge in [0, 0.05) is 11.6 Å². The summed E-state index contributed by atoms with van der Waals surface area (Å²) in [5.74, 6) is 1.83. The zero-order chi connectivity index (χ0) is 24.4. The van der Waals surface area contributed by atoms with E-state index >= 15 is 0 Å². The van der Waals surface area contributed by atoms with Crippen molar-refractivity contribution >= 4 is 17.9 Å². The highest BCUT2D eigenvalue weighted by Crippen LogP contribution is 2.42. The van der Waals surface area contributed by atoms with Crippen molar-refractivity contribution in [3.05, 3.63) is 59.2 Å². The first-order valence-corrected chi connectivity index (χ1v) is 12.3. The number of amides is 2. The average Bonchev–Trinajstić information content (AvgIpc) is 2.90. The van der Waals surface area contributed by atoms with E-state index in [2.05, 4.69) is 5.32 Å². The molecular weight excluding hydrogens is 444 g/mol. The highest BCUT2D eigenvalue weighted by molar-refractivity contribution is 5.95. The third kappa shape index (κ3) is 4.59. The summed E-state index contributed by atoms with van der Waals surface area (Å²) in [5.41, 5.74) is 2.62. The largest absolute Gasteiger partial charge is 0.493 e. The van der Waals surface area contributed by atoms with Crippen LogP contribution in [0.2, 0.25) is 0 Å². The highest BCUT2D eigenvalue weighted by atomic mass is 16.5. The Bertz CT molecular complexity index is 1140. The molecule has 2 fully saturated rings. The minimum atomic E-state index is -0.732. The Kier molecular flexibility index (Phi) is 6.66. The maximum atomic E-state index is 13.8. The van der Waals surface area contributed by atoms with Crippen LogP contribution in [0.4, 0.5) is 0 Å². The molecule has 2 aromatic carbocycles. The number of nitrogens with zero attached hydrogens (tertiary/aromatic N) is 1. The monoisotopic (exact) mass is 476 g/mol. The van der Waals surface area contributed by atoms with Crippen LogP contribution < -0.4 is 19.5 Å². The summed E-state index contributed by atoms with van der Waals surface area (Å²) in [4.78, 5) is 28.5. The topological polar surface area (TPSA) is 77.1 Å². The molecular formula is C28H32N2O5. The van der Waals surface area contributed by atoms with Crippen LogP contribution in [0, 0.1) is 0 Å². The summed E-state index contributed by atoms with van der Waals surface area (Å²) >= 11 is 0. The highest BCUT2D eigenvalue weighted by Gasteiger charge is 2.47. The SMILES string of the molecule is COc1ccc(C2CC(=O)N2C(C(=O)NC2CCCCC2)C2=Cc3ccccc3OC2)cc1OC. The van der Waals surface area contributed by atoms with Crippen LogP contribution in [0.1, 0.15) is 55.7 Å². The molecule has 3 aliphatic rings. The molecule has 7 nitrogen and oxygen atoms in total. The Balaban J connectivity index is 1.49. The van der Waals surface area contributed by atoms with E-state index in [-0.39, 0.29) is 30.5 Å². The molecule has 184 valence electrons. The Morgan fingerprint density at radius 3 is 2.57 bits per heavy atom. The number of rotatable bonds is 7. The van der Waals surface area contributed by atoms with Gasteiger partial charge in [0.1, 0.15) is 18.4 Å². The molecule has 2 aliphatic heterocycles. The maximum absolute atomic E-state index is 13.8. The van der Waals surface area contributed by atoms with E-state index in [1.54, 1.807) is 19.1 Å². The summed E-state index contributed by atoms with van der Waals surface area (Å²) in [6, 6.07) is 12.6. The van der Waals surface area contributed by atoms with Crippen molar-refractivity contribution in [3.8, 4) is 17.2 Å². The molecule has 2 amide bonds. The van der Waals surface area contributed by atoms with Gasteiger partial charge in [-0.3, -0.25) is 9.59 Å². The molecule has 0 radical (unpaired) electrons. The molecule has 2 atom stereocenters. The first-order chi connectivity index (χ1) is 17.1. The number of carbonyl (C=O) groups is 2. The number of fused-ring (bicyclic) bond motifs is 1. The number of hydrogen-bond acceptors (Lipinski definition) is 5. The Morgan fingerprint density at radius 2 is 1.83 bits per heavy atom. The van der Waals surface area contributed by atoms with E-state index < -0.39 is 6.04 Å². The zero-order valence-electron chi connectivity index (χ0n) is 20.3. The predicted octanol–water partition coefficient (Wildman–Crippen LogP) is 4.27. The van der Waals surface area contributed by atoms with Crippen molar-refractivity contribution in [1.29, 1.82) is 0 Å². The quantitative estimate of drug-likeness (QED) is 0.604. The van der Waals surface area contributed by atoms with Crippen LogP contribution in [-0.4, -0.2) is 49.6 Å². The fourth-order valence-electron chi connectivity index (χ4n) is 5.38. The second-order valence-corrected chi connectivity index (χ2v) is 9.43. The first kappa shape index (κ1) is 23.3. The summed E-state index contributed by atoms with van der Waals surface area (Å²) in [5, 5.41) is 3.25.